The molecular formula is C18H16O. The van der Waals surface area contributed by atoms with E-state index in [9.17, 15) is 0 Å². The van der Waals surface area contributed by atoms with Gasteiger partial charge in [0.25, 0.3) is 0 Å². The molecule has 0 aromatic heterocycles. The highest BCUT2D eigenvalue weighted by Gasteiger charge is 2.28. The van der Waals surface area contributed by atoms with Gasteiger partial charge in [-0.25, -0.2) is 0 Å². The van der Waals surface area contributed by atoms with E-state index in [-0.39, 0.29) is 6.10 Å². The molecule has 0 spiro atoms. The molecule has 1 aliphatic rings. The fourth-order valence-corrected chi connectivity index (χ4v) is 2.39. The van der Waals surface area contributed by atoms with Crippen LogP contribution >= 0.6 is 0 Å². The molecule has 19 heavy (non-hydrogen) atoms. The molecule has 0 N–H and O–H groups in total. The standard InChI is InChI=1S/C18H16O/c1-13(2)18-16(12-14-8-4-3-5-9-14)15-10-6-7-11-17(15)19-18/h3-12,18H,1H2,2H3/b16-12+. The van der Waals surface area contributed by atoms with Crippen LogP contribution in [0, 0.1) is 0 Å². The molecule has 1 atom stereocenters. The molecule has 0 amide bonds. The van der Waals surface area contributed by atoms with E-state index in [0.29, 0.717) is 0 Å². The van der Waals surface area contributed by atoms with Gasteiger partial charge in [0.15, 0.2) is 0 Å². The van der Waals surface area contributed by atoms with Crippen LogP contribution in [0.25, 0.3) is 11.6 Å². The quantitative estimate of drug-likeness (QED) is 0.708. The summed E-state index contributed by atoms with van der Waals surface area (Å²) >= 11 is 0. The van der Waals surface area contributed by atoms with Crippen molar-refractivity contribution >= 4 is 11.6 Å². The van der Waals surface area contributed by atoms with Gasteiger partial charge in [-0.05, 0) is 30.2 Å². The SMILES string of the molecule is C=C(C)C1Oc2ccccc2/C1=C\c1ccccc1. The predicted molar refractivity (Wildman–Crippen MR) is 80.0 cm³/mol. The molecule has 1 heterocycles. The van der Waals surface area contributed by atoms with Crippen LogP contribution in [0.2, 0.25) is 0 Å². The van der Waals surface area contributed by atoms with E-state index in [4.69, 9.17) is 4.74 Å². The summed E-state index contributed by atoms with van der Waals surface area (Å²) in [7, 11) is 0. The van der Waals surface area contributed by atoms with Crippen molar-refractivity contribution < 1.29 is 4.74 Å². The lowest BCUT2D eigenvalue weighted by Gasteiger charge is -2.12. The first-order valence-electron chi connectivity index (χ1n) is 6.44. The molecule has 0 bridgehead atoms. The van der Waals surface area contributed by atoms with Gasteiger partial charge in [-0.1, -0.05) is 55.1 Å². The van der Waals surface area contributed by atoms with E-state index < -0.39 is 0 Å². The summed E-state index contributed by atoms with van der Waals surface area (Å²) < 4.78 is 5.99. The Morgan fingerprint density at radius 3 is 2.47 bits per heavy atom. The Hall–Kier alpha value is -2.28. The van der Waals surface area contributed by atoms with Crippen molar-refractivity contribution in [2.24, 2.45) is 0 Å². The third kappa shape index (κ3) is 2.19. The average Bonchev–Trinajstić information content (AvgIpc) is 2.79. The minimum Gasteiger partial charge on any atom is -0.481 e. The summed E-state index contributed by atoms with van der Waals surface area (Å²) in [5.41, 5.74) is 4.57. The van der Waals surface area contributed by atoms with Crippen molar-refractivity contribution in [2.45, 2.75) is 13.0 Å². The topological polar surface area (TPSA) is 9.23 Å². The predicted octanol–water partition coefficient (Wildman–Crippen LogP) is 4.56. The molecule has 0 aliphatic carbocycles. The summed E-state index contributed by atoms with van der Waals surface area (Å²) in [6.45, 7) is 6.06. The van der Waals surface area contributed by atoms with Crippen molar-refractivity contribution in [3.63, 3.8) is 0 Å². The van der Waals surface area contributed by atoms with Gasteiger partial charge in [-0.3, -0.25) is 0 Å². The van der Waals surface area contributed by atoms with Gasteiger partial charge in [0.1, 0.15) is 11.9 Å². The molecule has 94 valence electrons. The molecule has 0 radical (unpaired) electrons. The molecule has 0 saturated heterocycles. The Balaban J connectivity index is 2.10. The molecule has 0 saturated carbocycles. The van der Waals surface area contributed by atoms with Crippen molar-refractivity contribution in [1.82, 2.24) is 0 Å². The van der Waals surface area contributed by atoms with Gasteiger partial charge in [0.05, 0.1) is 0 Å². The van der Waals surface area contributed by atoms with Gasteiger partial charge in [0, 0.05) is 11.1 Å². The maximum absolute atomic E-state index is 5.99. The molecular weight excluding hydrogens is 232 g/mol. The Labute approximate surface area is 113 Å². The van der Waals surface area contributed by atoms with Crippen LogP contribution in [0.1, 0.15) is 18.1 Å². The first-order valence-corrected chi connectivity index (χ1v) is 6.44. The summed E-state index contributed by atoms with van der Waals surface area (Å²) in [4.78, 5) is 0. The summed E-state index contributed by atoms with van der Waals surface area (Å²) in [6, 6.07) is 18.5. The van der Waals surface area contributed by atoms with Crippen molar-refractivity contribution in [3.05, 3.63) is 77.9 Å². The third-order valence-corrected chi connectivity index (χ3v) is 3.29. The second kappa shape index (κ2) is 4.77. The molecule has 1 nitrogen and oxygen atoms in total. The fraction of sp³-hybridized carbons (Fsp3) is 0.111. The average molecular weight is 248 g/mol. The van der Waals surface area contributed by atoms with Crippen molar-refractivity contribution in [1.29, 1.82) is 0 Å². The van der Waals surface area contributed by atoms with E-state index in [2.05, 4.69) is 30.9 Å². The Morgan fingerprint density at radius 2 is 1.74 bits per heavy atom. The zero-order valence-corrected chi connectivity index (χ0v) is 11.0. The lowest BCUT2D eigenvalue weighted by molar-refractivity contribution is 0.312. The monoisotopic (exact) mass is 248 g/mol. The summed E-state index contributed by atoms with van der Waals surface area (Å²) in [5.74, 6) is 0.942. The molecule has 0 fully saturated rings. The number of rotatable bonds is 2. The Kier molecular flexibility index (Phi) is 2.96. The molecule has 1 aliphatic heterocycles. The van der Waals surface area contributed by atoms with Crippen molar-refractivity contribution in [2.75, 3.05) is 0 Å². The Morgan fingerprint density at radius 1 is 1.05 bits per heavy atom. The van der Waals surface area contributed by atoms with E-state index >= 15 is 0 Å². The molecule has 2 aromatic carbocycles. The highest BCUT2D eigenvalue weighted by Crippen LogP contribution is 2.40. The number of hydrogen-bond acceptors (Lipinski definition) is 1. The van der Waals surface area contributed by atoms with Crippen LogP contribution in [0.5, 0.6) is 5.75 Å². The van der Waals surface area contributed by atoms with Crippen LogP contribution in [0.15, 0.2) is 66.7 Å². The third-order valence-electron chi connectivity index (χ3n) is 3.29. The zero-order chi connectivity index (χ0) is 13.2. The number of para-hydroxylation sites is 1. The first kappa shape index (κ1) is 11.8. The van der Waals surface area contributed by atoms with Crippen LogP contribution in [0.3, 0.4) is 0 Å². The van der Waals surface area contributed by atoms with Crippen LogP contribution in [-0.4, -0.2) is 6.10 Å². The fourth-order valence-electron chi connectivity index (χ4n) is 2.39. The van der Waals surface area contributed by atoms with Crippen molar-refractivity contribution in [3.8, 4) is 5.75 Å². The van der Waals surface area contributed by atoms with Gasteiger partial charge >= 0.3 is 0 Å². The van der Waals surface area contributed by atoms with E-state index in [0.717, 1.165) is 11.3 Å². The van der Waals surface area contributed by atoms with E-state index in [1.54, 1.807) is 0 Å². The highest BCUT2D eigenvalue weighted by atomic mass is 16.5. The normalized spacial score (nSPS) is 19.0. The number of ether oxygens (including phenoxy) is 1. The van der Waals surface area contributed by atoms with Gasteiger partial charge < -0.3 is 4.74 Å². The second-order valence-corrected chi connectivity index (χ2v) is 4.85. The van der Waals surface area contributed by atoms with Gasteiger partial charge in [0.2, 0.25) is 0 Å². The van der Waals surface area contributed by atoms with Crippen LogP contribution in [0.4, 0.5) is 0 Å². The minimum absolute atomic E-state index is 0.0439. The summed E-state index contributed by atoms with van der Waals surface area (Å²) in [6.07, 6.45) is 2.14. The molecule has 2 aromatic rings. The smallest absolute Gasteiger partial charge is 0.145 e. The lowest BCUT2D eigenvalue weighted by atomic mass is 9.96. The first-order chi connectivity index (χ1) is 9.25. The minimum atomic E-state index is -0.0439. The highest BCUT2D eigenvalue weighted by molar-refractivity contribution is 5.90. The maximum atomic E-state index is 5.99. The second-order valence-electron chi connectivity index (χ2n) is 4.85. The Bertz CT molecular complexity index is 638. The number of benzene rings is 2. The van der Waals surface area contributed by atoms with E-state index in [1.807, 2.05) is 43.3 Å². The largest absolute Gasteiger partial charge is 0.481 e. The lowest BCUT2D eigenvalue weighted by Crippen LogP contribution is -2.12. The van der Waals surface area contributed by atoms with Crippen LogP contribution < -0.4 is 4.74 Å². The molecule has 1 heteroatoms. The number of hydrogen-bond donors (Lipinski definition) is 0. The van der Waals surface area contributed by atoms with E-state index in [1.165, 1.54) is 16.7 Å². The zero-order valence-electron chi connectivity index (χ0n) is 11.0. The maximum Gasteiger partial charge on any atom is 0.145 e. The summed E-state index contributed by atoms with van der Waals surface area (Å²) in [5, 5.41) is 0. The molecule has 3 rings (SSSR count). The molecule has 1 unspecified atom stereocenters. The number of fused-ring (bicyclic) bond motifs is 1. The van der Waals surface area contributed by atoms with Gasteiger partial charge in [-0.15, -0.1) is 0 Å². The van der Waals surface area contributed by atoms with Gasteiger partial charge in [-0.2, -0.15) is 0 Å². The van der Waals surface area contributed by atoms with Crippen LogP contribution in [-0.2, 0) is 0 Å².